The molecule has 0 saturated carbocycles. The Morgan fingerprint density at radius 1 is 1.37 bits per heavy atom. The van der Waals surface area contributed by atoms with Gasteiger partial charge in [-0.15, -0.1) is 0 Å². The predicted molar refractivity (Wildman–Crippen MR) is 76.1 cm³/mol. The van der Waals surface area contributed by atoms with Gasteiger partial charge < -0.3 is 19.7 Å². The van der Waals surface area contributed by atoms with E-state index in [2.05, 4.69) is 21.8 Å². The third-order valence-electron chi connectivity index (χ3n) is 2.91. The molecule has 0 fully saturated rings. The number of imidazole rings is 1. The Hall–Kier alpha value is -0.910. The van der Waals surface area contributed by atoms with E-state index in [9.17, 15) is 5.11 Å². The number of aryl methyl sites for hydroxylation is 1. The molecule has 5 heteroatoms. The molecule has 1 aromatic rings. The summed E-state index contributed by atoms with van der Waals surface area (Å²) < 4.78 is 7.44. The molecule has 0 amide bonds. The molecule has 0 aliphatic rings. The zero-order chi connectivity index (χ0) is 13.8. The molecule has 1 aromatic heterocycles. The fraction of sp³-hybridized carbons (Fsp3) is 0.786. The van der Waals surface area contributed by atoms with Gasteiger partial charge in [0, 0.05) is 32.1 Å². The summed E-state index contributed by atoms with van der Waals surface area (Å²) in [4.78, 5) is 4.00. The Labute approximate surface area is 116 Å². The Morgan fingerprint density at radius 3 is 3.00 bits per heavy atom. The van der Waals surface area contributed by atoms with E-state index < -0.39 is 6.10 Å². The maximum Gasteiger partial charge on any atom is 0.0945 e. The van der Waals surface area contributed by atoms with Crippen molar-refractivity contribution in [2.45, 2.75) is 45.3 Å². The van der Waals surface area contributed by atoms with Crippen molar-refractivity contribution in [1.29, 1.82) is 0 Å². The van der Waals surface area contributed by atoms with E-state index >= 15 is 0 Å². The molecule has 1 rings (SSSR count). The van der Waals surface area contributed by atoms with Crippen molar-refractivity contribution < 1.29 is 9.84 Å². The quantitative estimate of drug-likeness (QED) is 0.564. The van der Waals surface area contributed by atoms with Crippen molar-refractivity contribution >= 4 is 0 Å². The second-order valence-corrected chi connectivity index (χ2v) is 4.79. The van der Waals surface area contributed by atoms with Gasteiger partial charge in [-0.2, -0.15) is 0 Å². The van der Waals surface area contributed by atoms with Gasteiger partial charge in [0.2, 0.25) is 0 Å². The van der Waals surface area contributed by atoms with Crippen LogP contribution in [0.5, 0.6) is 0 Å². The van der Waals surface area contributed by atoms with Gasteiger partial charge in [0.1, 0.15) is 0 Å². The SMILES string of the molecule is CCCCOCC(O)CNCCCCn1ccnc1. The first-order valence-electron chi connectivity index (χ1n) is 7.25. The van der Waals surface area contributed by atoms with E-state index in [4.69, 9.17) is 4.74 Å². The normalized spacial score (nSPS) is 12.7. The topological polar surface area (TPSA) is 59.3 Å². The smallest absolute Gasteiger partial charge is 0.0945 e. The largest absolute Gasteiger partial charge is 0.389 e. The molecule has 0 aliphatic carbocycles. The highest BCUT2D eigenvalue weighted by atomic mass is 16.5. The summed E-state index contributed by atoms with van der Waals surface area (Å²) in [5, 5.41) is 12.9. The average molecular weight is 269 g/mol. The van der Waals surface area contributed by atoms with E-state index in [1.165, 1.54) is 0 Å². The van der Waals surface area contributed by atoms with Gasteiger partial charge >= 0.3 is 0 Å². The highest BCUT2D eigenvalue weighted by Gasteiger charge is 2.02. The first kappa shape index (κ1) is 16.1. The van der Waals surface area contributed by atoms with E-state index in [0.717, 1.165) is 45.4 Å². The van der Waals surface area contributed by atoms with Crippen LogP contribution in [0.25, 0.3) is 0 Å². The van der Waals surface area contributed by atoms with Crippen molar-refractivity contribution in [1.82, 2.24) is 14.9 Å². The number of hydrogen-bond donors (Lipinski definition) is 2. The summed E-state index contributed by atoms with van der Waals surface area (Å²) >= 11 is 0. The second kappa shape index (κ2) is 11.0. The minimum atomic E-state index is -0.398. The molecule has 1 unspecified atom stereocenters. The lowest BCUT2D eigenvalue weighted by Crippen LogP contribution is -2.31. The van der Waals surface area contributed by atoms with Crippen LogP contribution in [0.1, 0.15) is 32.6 Å². The summed E-state index contributed by atoms with van der Waals surface area (Å²) in [6, 6.07) is 0. The summed E-state index contributed by atoms with van der Waals surface area (Å²) in [6.07, 6.45) is 9.63. The molecule has 0 spiro atoms. The molecule has 110 valence electrons. The molecule has 5 nitrogen and oxygen atoms in total. The molecule has 0 aromatic carbocycles. The molecule has 0 saturated heterocycles. The first-order chi connectivity index (χ1) is 9.33. The number of nitrogens with zero attached hydrogens (tertiary/aromatic N) is 2. The fourth-order valence-corrected chi connectivity index (χ4v) is 1.76. The van der Waals surface area contributed by atoms with Crippen molar-refractivity contribution in [3.8, 4) is 0 Å². The van der Waals surface area contributed by atoms with Crippen LogP contribution in [-0.2, 0) is 11.3 Å². The number of aliphatic hydroxyl groups excluding tert-OH is 1. The van der Waals surface area contributed by atoms with Crippen molar-refractivity contribution in [2.24, 2.45) is 0 Å². The van der Waals surface area contributed by atoms with Gasteiger partial charge in [-0.25, -0.2) is 4.98 Å². The number of ether oxygens (including phenoxy) is 1. The fourth-order valence-electron chi connectivity index (χ4n) is 1.76. The molecule has 0 radical (unpaired) electrons. The van der Waals surface area contributed by atoms with Crippen LogP contribution in [0.4, 0.5) is 0 Å². The van der Waals surface area contributed by atoms with E-state index in [1.54, 1.807) is 6.20 Å². The zero-order valence-corrected chi connectivity index (χ0v) is 11.9. The van der Waals surface area contributed by atoms with Crippen molar-refractivity contribution in [3.63, 3.8) is 0 Å². The zero-order valence-electron chi connectivity index (χ0n) is 11.9. The Morgan fingerprint density at radius 2 is 2.26 bits per heavy atom. The number of aromatic nitrogens is 2. The van der Waals surface area contributed by atoms with Gasteiger partial charge in [-0.3, -0.25) is 0 Å². The number of nitrogens with one attached hydrogen (secondary N) is 1. The summed E-state index contributed by atoms with van der Waals surface area (Å²) in [5.74, 6) is 0. The Bertz CT molecular complexity index is 291. The van der Waals surface area contributed by atoms with Crippen molar-refractivity contribution in [2.75, 3.05) is 26.3 Å². The van der Waals surface area contributed by atoms with Crippen LogP contribution in [-0.4, -0.2) is 47.1 Å². The molecule has 0 bridgehead atoms. The van der Waals surface area contributed by atoms with Gasteiger partial charge in [0.05, 0.1) is 19.0 Å². The maximum atomic E-state index is 9.66. The minimum Gasteiger partial charge on any atom is -0.389 e. The highest BCUT2D eigenvalue weighted by molar-refractivity contribution is 4.73. The maximum absolute atomic E-state index is 9.66. The standard InChI is InChI=1S/C14H27N3O2/c1-2-3-10-19-12-14(18)11-15-6-4-5-8-17-9-7-16-13-17/h7,9,13-15,18H,2-6,8,10-12H2,1H3. The number of aliphatic hydroxyl groups is 1. The molecular weight excluding hydrogens is 242 g/mol. The van der Waals surface area contributed by atoms with Crippen LogP contribution in [0.3, 0.4) is 0 Å². The third-order valence-corrected chi connectivity index (χ3v) is 2.91. The van der Waals surface area contributed by atoms with Crippen LogP contribution >= 0.6 is 0 Å². The van der Waals surface area contributed by atoms with Gasteiger partial charge in [0.15, 0.2) is 0 Å². The van der Waals surface area contributed by atoms with Crippen molar-refractivity contribution in [3.05, 3.63) is 18.7 Å². The van der Waals surface area contributed by atoms with E-state index in [0.29, 0.717) is 13.2 Å². The monoisotopic (exact) mass is 269 g/mol. The number of rotatable bonds is 12. The molecule has 1 atom stereocenters. The van der Waals surface area contributed by atoms with Gasteiger partial charge in [-0.1, -0.05) is 13.3 Å². The lowest BCUT2D eigenvalue weighted by molar-refractivity contribution is 0.0360. The number of hydrogen-bond acceptors (Lipinski definition) is 4. The van der Waals surface area contributed by atoms with Gasteiger partial charge in [-0.05, 0) is 25.8 Å². The predicted octanol–water partition coefficient (Wildman–Crippen LogP) is 1.43. The van der Waals surface area contributed by atoms with Crippen LogP contribution < -0.4 is 5.32 Å². The lowest BCUT2D eigenvalue weighted by Gasteiger charge is -2.12. The molecule has 2 N–H and O–H groups in total. The van der Waals surface area contributed by atoms with Gasteiger partial charge in [0.25, 0.3) is 0 Å². The van der Waals surface area contributed by atoms with E-state index in [1.807, 2.05) is 12.5 Å². The average Bonchev–Trinajstić information content (AvgIpc) is 2.92. The first-order valence-corrected chi connectivity index (χ1v) is 7.25. The third kappa shape index (κ3) is 8.75. The Kier molecular flexibility index (Phi) is 9.32. The minimum absolute atomic E-state index is 0.398. The highest BCUT2D eigenvalue weighted by Crippen LogP contribution is 1.94. The summed E-state index contributed by atoms with van der Waals surface area (Å²) in [5.41, 5.74) is 0. The molecule has 0 aliphatic heterocycles. The number of unbranched alkanes of at least 4 members (excludes halogenated alkanes) is 2. The van der Waals surface area contributed by atoms with Crippen LogP contribution in [0.2, 0.25) is 0 Å². The Balaban J connectivity index is 1.84. The lowest BCUT2D eigenvalue weighted by atomic mass is 10.3. The molecule has 1 heterocycles. The molecule has 19 heavy (non-hydrogen) atoms. The molecular formula is C14H27N3O2. The summed E-state index contributed by atoms with van der Waals surface area (Å²) in [6.45, 7) is 5.86. The van der Waals surface area contributed by atoms with E-state index in [-0.39, 0.29) is 0 Å². The second-order valence-electron chi connectivity index (χ2n) is 4.79. The van der Waals surface area contributed by atoms with Crippen LogP contribution in [0, 0.1) is 0 Å². The van der Waals surface area contributed by atoms with Crippen LogP contribution in [0.15, 0.2) is 18.7 Å². The summed E-state index contributed by atoms with van der Waals surface area (Å²) in [7, 11) is 0.